The Morgan fingerprint density at radius 3 is 2.32 bits per heavy atom. The predicted molar refractivity (Wildman–Crippen MR) is 69.0 cm³/mol. The molecule has 0 aromatic rings. The molecule has 19 heavy (non-hydrogen) atoms. The van der Waals surface area contributed by atoms with Crippen LogP contribution in [-0.2, 0) is 0 Å². The van der Waals surface area contributed by atoms with E-state index in [1.165, 1.54) is 0 Å². The van der Waals surface area contributed by atoms with Crippen molar-refractivity contribution in [3.63, 3.8) is 0 Å². The van der Waals surface area contributed by atoms with Crippen molar-refractivity contribution in [1.29, 1.82) is 0 Å². The molecule has 0 aromatic heterocycles. The second kappa shape index (κ2) is 7.45. The highest BCUT2D eigenvalue weighted by Gasteiger charge is 2.29. The fourth-order valence-electron chi connectivity index (χ4n) is 2.17. The van der Waals surface area contributed by atoms with Crippen LogP contribution < -0.4 is 5.32 Å². The lowest BCUT2D eigenvalue weighted by atomic mass is 10.0. The summed E-state index contributed by atoms with van der Waals surface area (Å²) in [6, 6.07) is 0.315. The van der Waals surface area contributed by atoms with Crippen molar-refractivity contribution in [3.8, 4) is 0 Å². The molecule has 0 aliphatic carbocycles. The van der Waals surface area contributed by atoms with E-state index in [1.807, 2.05) is 18.7 Å². The third kappa shape index (κ3) is 7.13. The summed E-state index contributed by atoms with van der Waals surface area (Å²) >= 11 is 0. The Bertz CT molecular complexity index is 251. The van der Waals surface area contributed by atoms with Gasteiger partial charge in [0.15, 0.2) is 0 Å². The van der Waals surface area contributed by atoms with Gasteiger partial charge in [-0.05, 0) is 31.8 Å². The van der Waals surface area contributed by atoms with E-state index in [9.17, 15) is 18.3 Å². The van der Waals surface area contributed by atoms with Crippen LogP contribution in [0.15, 0.2) is 0 Å². The average molecular weight is 282 g/mol. The molecule has 0 bridgehead atoms. The van der Waals surface area contributed by atoms with Crippen molar-refractivity contribution in [2.45, 2.75) is 51.4 Å². The first-order valence-electron chi connectivity index (χ1n) is 6.98. The zero-order chi connectivity index (χ0) is 14.5. The van der Waals surface area contributed by atoms with Crippen molar-refractivity contribution in [1.82, 2.24) is 10.2 Å². The molecule has 2 N–H and O–H groups in total. The van der Waals surface area contributed by atoms with E-state index >= 15 is 0 Å². The summed E-state index contributed by atoms with van der Waals surface area (Å²) in [5.41, 5.74) is 0. The van der Waals surface area contributed by atoms with Crippen LogP contribution in [0.3, 0.4) is 0 Å². The summed E-state index contributed by atoms with van der Waals surface area (Å²) in [4.78, 5) is 1.87. The number of aliphatic hydroxyl groups is 1. The monoisotopic (exact) mass is 282 g/mol. The van der Waals surface area contributed by atoms with E-state index in [-0.39, 0.29) is 18.6 Å². The highest BCUT2D eigenvalue weighted by Crippen LogP contribution is 2.21. The Kier molecular flexibility index (Phi) is 6.56. The quantitative estimate of drug-likeness (QED) is 0.782. The van der Waals surface area contributed by atoms with E-state index in [1.54, 1.807) is 0 Å². The van der Waals surface area contributed by atoms with Crippen LogP contribution in [0.2, 0.25) is 0 Å². The van der Waals surface area contributed by atoms with Gasteiger partial charge in [0.1, 0.15) is 0 Å². The minimum absolute atomic E-state index is 0.102. The molecule has 0 amide bonds. The minimum atomic E-state index is -4.06. The van der Waals surface area contributed by atoms with Crippen LogP contribution >= 0.6 is 0 Å². The highest BCUT2D eigenvalue weighted by atomic mass is 19.4. The number of piperidine rings is 1. The molecule has 1 rings (SSSR count). The Morgan fingerprint density at radius 2 is 1.84 bits per heavy atom. The van der Waals surface area contributed by atoms with Crippen molar-refractivity contribution in [3.05, 3.63) is 0 Å². The summed E-state index contributed by atoms with van der Waals surface area (Å²) in [6.45, 7) is 5.99. The van der Waals surface area contributed by atoms with Crippen molar-refractivity contribution >= 4 is 0 Å². The molecule has 1 saturated heterocycles. The fraction of sp³-hybridized carbons (Fsp3) is 1.00. The summed E-state index contributed by atoms with van der Waals surface area (Å²) in [6.07, 6.45) is -3.44. The van der Waals surface area contributed by atoms with Gasteiger partial charge < -0.3 is 15.3 Å². The molecule has 6 heteroatoms. The number of likely N-dealkylation sites (tertiary alicyclic amines) is 1. The summed E-state index contributed by atoms with van der Waals surface area (Å²) in [5, 5.41) is 13.0. The lowest BCUT2D eigenvalue weighted by Gasteiger charge is -2.33. The van der Waals surface area contributed by atoms with Crippen LogP contribution in [0.1, 0.15) is 33.1 Å². The average Bonchev–Trinajstić information content (AvgIpc) is 2.33. The molecule has 0 saturated carbocycles. The molecule has 1 aliphatic rings. The van der Waals surface area contributed by atoms with Gasteiger partial charge in [0, 0.05) is 19.1 Å². The number of hydrogen-bond acceptors (Lipinski definition) is 3. The van der Waals surface area contributed by atoms with Crippen LogP contribution in [0.5, 0.6) is 0 Å². The molecule has 0 spiro atoms. The molecule has 0 radical (unpaired) electrons. The Labute approximate surface area is 113 Å². The number of alkyl halides is 3. The van der Waals surface area contributed by atoms with Gasteiger partial charge in [-0.25, -0.2) is 0 Å². The maximum absolute atomic E-state index is 12.1. The fourth-order valence-corrected chi connectivity index (χ4v) is 2.17. The first kappa shape index (κ1) is 16.7. The van der Waals surface area contributed by atoms with Crippen LogP contribution in [0.4, 0.5) is 13.2 Å². The van der Waals surface area contributed by atoms with Gasteiger partial charge in [-0.1, -0.05) is 13.8 Å². The number of halogens is 3. The standard InChI is InChI=1S/C13H25F3N2O/c1-10(2)12(19)9-17-11-3-6-18(7-4-11)8-5-13(14,15)16/h10-12,17,19H,3-9H2,1-2H3. The number of rotatable bonds is 6. The zero-order valence-electron chi connectivity index (χ0n) is 11.7. The van der Waals surface area contributed by atoms with Gasteiger partial charge in [0.2, 0.25) is 0 Å². The van der Waals surface area contributed by atoms with Crippen LogP contribution in [-0.4, -0.2) is 54.5 Å². The van der Waals surface area contributed by atoms with E-state index in [0.717, 1.165) is 12.8 Å². The van der Waals surface area contributed by atoms with Crippen molar-refractivity contribution in [2.75, 3.05) is 26.2 Å². The SMILES string of the molecule is CC(C)C(O)CNC1CCN(CCC(F)(F)F)CC1. The molecule has 3 nitrogen and oxygen atoms in total. The summed E-state index contributed by atoms with van der Waals surface area (Å²) in [5.74, 6) is 0.222. The Balaban J connectivity index is 2.15. The third-order valence-electron chi connectivity index (χ3n) is 3.68. The van der Waals surface area contributed by atoms with E-state index in [0.29, 0.717) is 25.7 Å². The van der Waals surface area contributed by atoms with Crippen LogP contribution in [0.25, 0.3) is 0 Å². The lowest BCUT2D eigenvalue weighted by Crippen LogP contribution is -2.45. The molecular formula is C13H25F3N2O. The number of nitrogens with zero attached hydrogens (tertiary/aromatic N) is 1. The summed E-state index contributed by atoms with van der Waals surface area (Å²) < 4.78 is 36.3. The zero-order valence-corrected chi connectivity index (χ0v) is 11.7. The third-order valence-corrected chi connectivity index (χ3v) is 3.68. The maximum atomic E-state index is 12.1. The van der Waals surface area contributed by atoms with Gasteiger partial charge in [0.05, 0.1) is 12.5 Å². The van der Waals surface area contributed by atoms with Crippen molar-refractivity contribution in [2.24, 2.45) is 5.92 Å². The van der Waals surface area contributed by atoms with Gasteiger partial charge >= 0.3 is 6.18 Å². The first-order valence-corrected chi connectivity index (χ1v) is 6.98. The summed E-state index contributed by atoms with van der Waals surface area (Å²) in [7, 11) is 0. The minimum Gasteiger partial charge on any atom is -0.392 e. The molecule has 0 aromatic carbocycles. The van der Waals surface area contributed by atoms with E-state index in [2.05, 4.69) is 5.32 Å². The Morgan fingerprint density at radius 1 is 1.26 bits per heavy atom. The Hall–Kier alpha value is -0.330. The van der Waals surface area contributed by atoms with E-state index in [4.69, 9.17) is 0 Å². The molecule has 114 valence electrons. The first-order chi connectivity index (χ1) is 8.78. The second-order valence-electron chi connectivity index (χ2n) is 5.70. The molecule has 1 unspecified atom stereocenters. The van der Waals surface area contributed by atoms with Gasteiger partial charge in [-0.15, -0.1) is 0 Å². The number of hydrogen-bond donors (Lipinski definition) is 2. The van der Waals surface area contributed by atoms with E-state index < -0.39 is 12.6 Å². The van der Waals surface area contributed by atoms with Gasteiger partial charge in [0.25, 0.3) is 0 Å². The van der Waals surface area contributed by atoms with Gasteiger partial charge in [-0.3, -0.25) is 0 Å². The molecule has 1 aliphatic heterocycles. The molecule has 1 atom stereocenters. The normalized spacial score (nSPS) is 21.0. The van der Waals surface area contributed by atoms with Gasteiger partial charge in [-0.2, -0.15) is 13.2 Å². The van der Waals surface area contributed by atoms with Crippen LogP contribution in [0, 0.1) is 5.92 Å². The smallest absolute Gasteiger partial charge is 0.390 e. The second-order valence-corrected chi connectivity index (χ2v) is 5.70. The lowest BCUT2D eigenvalue weighted by molar-refractivity contribution is -0.138. The molecule has 1 fully saturated rings. The topological polar surface area (TPSA) is 35.5 Å². The predicted octanol–water partition coefficient (Wildman–Crippen LogP) is 2.01. The highest BCUT2D eigenvalue weighted by molar-refractivity contribution is 4.79. The molecular weight excluding hydrogens is 257 g/mol. The number of aliphatic hydroxyl groups excluding tert-OH is 1. The maximum Gasteiger partial charge on any atom is 0.390 e. The molecule has 1 heterocycles. The number of nitrogens with one attached hydrogen (secondary N) is 1. The largest absolute Gasteiger partial charge is 0.392 e. The van der Waals surface area contributed by atoms with Crippen molar-refractivity contribution < 1.29 is 18.3 Å².